The molecule has 0 atom stereocenters. The van der Waals surface area contributed by atoms with E-state index in [1.807, 2.05) is 0 Å². The van der Waals surface area contributed by atoms with Crippen LogP contribution in [0.2, 0.25) is 0 Å². The lowest BCUT2D eigenvalue weighted by molar-refractivity contribution is -0.185. The van der Waals surface area contributed by atoms with Crippen molar-refractivity contribution in [3.8, 4) is 11.5 Å². The highest BCUT2D eigenvalue weighted by Crippen LogP contribution is 2.39. The lowest BCUT2D eigenvalue weighted by Crippen LogP contribution is -2.22. The van der Waals surface area contributed by atoms with E-state index in [1.54, 1.807) is 12.1 Å². The first-order chi connectivity index (χ1) is 14.7. The molecule has 0 radical (unpaired) electrons. The Kier molecular flexibility index (Phi) is 7.38. The van der Waals surface area contributed by atoms with Crippen LogP contribution in [0.25, 0.3) is 0 Å². The fourth-order valence-electron chi connectivity index (χ4n) is 4.15. The Labute approximate surface area is 177 Å². The molecule has 0 aliphatic heterocycles. The quantitative estimate of drug-likeness (QED) is 0.386. The molecular formula is C23H24F6O2. The summed E-state index contributed by atoms with van der Waals surface area (Å²) in [5, 5.41) is 0. The SMILES string of the molecule is CCCC1CCC(c2ccc(C(F)(F)Oc3cc(F)c(OC(F)F)c(F)c3)cc2)CC1. The maximum absolute atomic E-state index is 14.5. The van der Waals surface area contributed by atoms with Gasteiger partial charge in [-0.25, -0.2) is 8.78 Å². The summed E-state index contributed by atoms with van der Waals surface area (Å²) in [6.45, 7) is -1.29. The van der Waals surface area contributed by atoms with Crippen LogP contribution in [0, 0.1) is 17.6 Å². The van der Waals surface area contributed by atoms with Gasteiger partial charge in [0.2, 0.25) is 0 Å². The molecule has 0 heterocycles. The summed E-state index contributed by atoms with van der Waals surface area (Å²) in [5.74, 6) is -4.29. The second kappa shape index (κ2) is 9.83. The second-order valence-corrected chi connectivity index (χ2v) is 7.84. The predicted molar refractivity (Wildman–Crippen MR) is 104 cm³/mol. The predicted octanol–water partition coefficient (Wildman–Crippen LogP) is 7.77. The number of hydrogen-bond acceptors (Lipinski definition) is 2. The van der Waals surface area contributed by atoms with E-state index >= 15 is 0 Å². The molecule has 0 bridgehead atoms. The van der Waals surface area contributed by atoms with Crippen molar-refractivity contribution in [2.24, 2.45) is 5.92 Å². The number of benzene rings is 2. The zero-order chi connectivity index (χ0) is 22.6. The first kappa shape index (κ1) is 23.3. The van der Waals surface area contributed by atoms with Crippen LogP contribution in [-0.4, -0.2) is 6.61 Å². The van der Waals surface area contributed by atoms with Crippen molar-refractivity contribution < 1.29 is 35.8 Å². The molecule has 2 aromatic carbocycles. The summed E-state index contributed by atoms with van der Waals surface area (Å²) in [7, 11) is 0. The third-order valence-corrected chi connectivity index (χ3v) is 5.69. The molecule has 1 saturated carbocycles. The average molecular weight is 446 g/mol. The molecule has 1 aliphatic carbocycles. The van der Waals surface area contributed by atoms with E-state index in [0.29, 0.717) is 18.1 Å². The molecule has 0 amide bonds. The third kappa shape index (κ3) is 5.86. The Bertz CT molecular complexity index is 838. The van der Waals surface area contributed by atoms with Gasteiger partial charge in [-0.1, -0.05) is 31.9 Å². The molecule has 0 spiro atoms. The first-order valence-corrected chi connectivity index (χ1v) is 10.3. The van der Waals surface area contributed by atoms with E-state index in [9.17, 15) is 26.3 Å². The van der Waals surface area contributed by atoms with Crippen LogP contribution >= 0.6 is 0 Å². The summed E-state index contributed by atoms with van der Waals surface area (Å²) in [6, 6.07) is 6.45. The lowest BCUT2D eigenvalue weighted by Gasteiger charge is -2.29. The minimum Gasteiger partial charge on any atom is -0.429 e. The summed E-state index contributed by atoms with van der Waals surface area (Å²) in [4.78, 5) is 0. The monoisotopic (exact) mass is 446 g/mol. The Morgan fingerprint density at radius 3 is 2.06 bits per heavy atom. The zero-order valence-corrected chi connectivity index (χ0v) is 17.0. The number of halogens is 6. The summed E-state index contributed by atoms with van der Waals surface area (Å²) in [5.41, 5.74) is 0.490. The largest absolute Gasteiger partial charge is 0.429 e. The Morgan fingerprint density at radius 2 is 1.55 bits per heavy atom. The third-order valence-electron chi connectivity index (χ3n) is 5.69. The van der Waals surface area contributed by atoms with Gasteiger partial charge in [-0.2, -0.15) is 17.6 Å². The van der Waals surface area contributed by atoms with E-state index in [1.165, 1.54) is 18.6 Å². The molecule has 0 unspecified atom stereocenters. The molecule has 0 saturated heterocycles. The van der Waals surface area contributed by atoms with Gasteiger partial charge in [0.05, 0.1) is 5.56 Å². The van der Waals surface area contributed by atoms with Crippen LogP contribution in [0.5, 0.6) is 11.5 Å². The number of hydrogen-bond donors (Lipinski definition) is 0. The molecule has 170 valence electrons. The van der Waals surface area contributed by atoms with Crippen LogP contribution in [0.15, 0.2) is 36.4 Å². The number of ether oxygens (including phenoxy) is 2. The molecular weight excluding hydrogens is 422 g/mol. The van der Waals surface area contributed by atoms with E-state index < -0.39 is 41.4 Å². The van der Waals surface area contributed by atoms with Gasteiger partial charge < -0.3 is 9.47 Å². The van der Waals surface area contributed by atoms with Crippen LogP contribution in [0.4, 0.5) is 26.3 Å². The summed E-state index contributed by atoms with van der Waals surface area (Å²) in [6.07, 6.45) is 2.79. The van der Waals surface area contributed by atoms with Gasteiger partial charge in [0.1, 0.15) is 5.75 Å². The second-order valence-electron chi connectivity index (χ2n) is 7.84. The highest BCUT2D eigenvalue weighted by atomic mass is 19.3. The molecule has 2 nitrogen and oxygen atoms in total. The lowest BCUT2D eigenvalue weighted by atomic mass is 9.77. The smallest absolute Gasteiger partial charge is 0.426 e. The summed E-state index contributed by atoms with van der Waals surface area (Å²) < 4.78 is 89.1. The molecule has 8 heteroatoms. The molecule has 3 rings (SSSR count). The van der Waals surface area contributed by atoms with Crippen molar-refractivity contribution in [2.45, 2.75) is 64.1 Å². The van der Waals surface area contributed by atoms with Gasteiger partial charge in [0.25, 0.3) is 0 Å². The Balaban J connectivity index is 1.68. The van der Waals surface area contributed by atoms with Gasteiger partial charge in [-0.05, 0) is 55.2 Å². The van der Waals surface area contributed by atoms with Crippen molar-refractivity contribution in [3.05, 3.63) is 59.2 Å². The molecule has 31 heavy (non-hydrogen) atoms. The molecule has 0 aromatic heterocycles. The highest BCUT2D eigenvalue weighted by Gasteiger charge is 2.35. The highest BCUT2D eigenvalue weighted by molar-refractivity contribution is 5.36. The van der Waals surface area contributed by atoms with E-state index in [0.717, 1.165) is 43.6 Å². The van der Waals surface area contributed by atoms with Gasteiger partial charge in [-0.3, -0.25) is 0 Å². The fraction of sp³-hybridized carbons (Fsp3) is 0.478. The van der Waals surface area contributed by atoms with Crippen LogP contribution in [-0.2, 0) is 6.11 Å². The minimum absolute atomic E-state index is 0.322. The first-order valence-electron chi connectivity index (χ1n) is 10.3. The van der Waals surface area contributed by atoms with E-state index in [4.69, 9.17) is 0 Å². The topological polar surface area (TPSA) is 18.5 Å². The van der Waals surface area contributed by atoms with Crippen molar-refractivity contribution in [3.63, 3.8) is 0 Å². The average Bonchev–Trinajstić information content (AvgIpc) is 2.71. The Morgan fingerprint density at radius 1 is 0.968 bits per heavy atom. The molecule has 0 N–H and O–H groups in total. The van der Waals surface area contributed by atoms with Crippen molar-refractivity contribution in [1.29, 1.82) is 0 Å². The van der Waals surface area contributed by atoms with Crippen molar-refractivity contribution in [2.75, 3.05) is 0 Å². The Hall–Kier alpha value is -2.38. The minimum atomic E-state index is -3.87. The van der Waals surface area contributed by atoms with E-state index in [-0.39, 0.29) is 0 Å². The van der Waals surface area contributed by atoms with Gasteiger partial charge in [0, 0.05) is 12.1 Å². The number of alkyl halides is 4. The van der Waals surface area contributed by atoms with Crippen molar-refractivity contribution >= 4 is 0 Å². The van der Waals surface area contributed by atoms with Crippen molar-refractivity contribution in [1.82, 2.24) is 0 Å². The van der Waals surface area contributed by atoms with E-state index in [2.05, 4.69) is 16.4 Å². The maximum atomic E-state index is 14.5. The van der Waals surface area contributed by atoms with Gasteiger partial charge in [-0.15, -0.1) is 0 Å². The van der Waals surface area contributed by atoms with Crippen LogP contribution in [0.1, 0.15) is 62.5 Å². The van der Waals surface area contributed by atoms with Crippen LogP contribution in [0.3, 0.4) is 0 Å². The molecule has 1 aliphatic rings. The standard InChI is InChI=1S/C23H24F6O2/c1-2-3-14-4-6-15(7-5-14)16-8-10-17(11-9-16)23(28,29)31-18-12-19(24)21(20(25)13-18)30-22(26)27/h8-15,22H,2-7H2,1H3. The van der Waals surface area contributed by atoms with Gasteiger partial charge >= 0.3 is 12.7 Å². The number of rotatable bonds is 8. The fourth-order valence-corrected chi connectivity index (χ4v) is 4.15. The summed E-state index contributed by atoms with van der Waals surface area (Å²) >= 11 is 0. The normalized spacial score (nSPS) is 19.5. The maximum Gasteiger partial charge on any atom is 0.426 e. The van der Waals surface area contributed by atoms with Crippen LogP contribution < -0.4 is 9.47 Å². The zero-order valence-electron chi connectivity index (χ0n) is 17.0. The van der Waals surface area contributed by atoms with Gasteiger partial charge in [0.15, 0.2) is 17.4 Å². The molecule has 2 aromatic rings. The molecule has 1 fully saturated rings.